The fraction of sp³-hybridized carbons (Fsp3) is 0.0545. The normalized spacial score (nSPS) is 12.6. The number of nitrogens with zero attached hydrogens (tertiary/aromatic N) is 1. The number of fused-ring (bicyclic) bond motifs is 4. The Balaban J connectivity index is 1.12. The summed E-state index contributed by atoms with van der Waals surface area (Å²) < 4.78 is 0. The Bertz CT molecular complexity index is 2870. The predicted octanol–water partition coefficient (Wildman–Crippen LogP) is 15.3. The van der Waals surface area contributed by atoms with Gasteiger partial charge in [-0.1, -0.05) is 178 Å². The summed E-state index contributed by atoms with van der Waals surface area (Å²) in [6.07, 6.45) is 0. The van der Waals surface area contributed by atoms with Gasteiger partial charge in [0.25, 0.3) is 0 Å². The summed E-state index contributed by atoms with van der Waals surface area (Å²) in [6, 6.07) is 77.5. The molecule has 0 unspecified atom stereocenters. The molecule has 0 N–H and O–H groups in total. The quantitative estimate of drug-likeness (QED) is 0.159. The van der Waals surface area contributed by atoms with E-state index in [4.69, 9.17) is 0 Å². The Morgan fingerprint density at radius 1 is 0.304 bits per heavy atom. The van der Waals surface area contributed by atoms with Gasteiger partial charge in [-0.15, -0.1) is 0 Å². The van der Waals surface area contributed by atoms with Crippen LogP contribution in [0.2, 0.25) is 0 Å². The fourth-order valence-corrected chi connectivity index (χ4v) is 8.86. The molecule has 1 aliphatic carbocycles. The second-order valence-electron chi connectivity index (χ2n) is 15.3. The van der Waals surface area contributed by atoms with Gasteiger partial charge in [0.05, 0.1) is 5.69 Å². The molecule has 1 nitrogen and oxygen atoms in total. The molecule has 0 amide bonds. The van der Waals surface area contributed by atoms with E-state index in [0.29, 0.717) is 0 Å². The molecule has 0 aromatic heterocycles. The van der Waals surface area contributed by atoms with Crippen LogP contribution in [-0.4, -0.2) is 0 Å². The Morgan fingerprint density at radius 2 is 0.839 bits per heavy atom. The zero-order valence-corrected chi connectivity index (χ0v) is 31.7. The first-order chi connectivity index (χ1) is 27.5. The zero-order chi connectivity index (χ0) is 37.6. The highest BCUT2D eigenvalue weighted by molar-refractivity contribution is 5.99. The SMILES string of the molecule is CC1(C)c2cc(N(c3ccccc3)c3ccccc3-c3ccccc3-c3ccccc3-c3ccccc3)ccc2-c2cc3cc(-c4ccccc4)ccc3cc21. The van der Waals surface area contributed by atoms with Crippen LogP contribution >= 0.6 is 0 Å². The molecule has 0 saturated heterocycles. The highest BCUT2D eigenvalue weighted by atomic mass is 15.1. The molecule has 266 valence electrons. The Kier molecular flexibility index (Phi) is 8.23. The van der Waals surface area contributed by atoms with E-state index < -0.39 is 0 Å². The van der Waals surface area contributed by atoms with Gasteiger partial charge in [-0.2, -0.15) is 0 Å². The summed E-state index contributed by atoms with van der Waals surface area (Å²) in [6.45, 7) is 4.76. The molecule has 0 heterocycles. The first-order valence-corrected chi connectivity index (χ1v) is 19.5. The lowest BCUT2D eigenvalue weighted by Gasteiger charge is -2.30. The predicted molar refractivity (Wildman–Crippen MR) is 238 cm³/mol. The van der Waals surface area contributed by atoms with Crippen LogP contribution in [0.4, 0.5) is 17.1 Å². The van der Waals surface area contributed by atoms with E-state index in [0.717, 1.165) is 17.1 Å². The third-order valence-corrected chi connectivity index (χ3v) is 11.7. The van der Waals surface area contributed by atoms with E-state index >= 15 is 0 Å². The smallest absolute Gasteiger partial charge is 0.0540 e. The lowest BCUT2D eigenvalue weighted by Crippen LogP contribution is -2.17. The number of para-hydroxylation sites is 2. The molecule has 0 atom stereocenters. The summed E-state index contributed by atoms with van der Waals surface area (Å²) >= 11 is 0. The minimum absolute atomic E-state index is 0.178. The highest BCUT2D eigenvalue weighted by Crippen LogP contribution is 2.53. The van der Waals surface area contributed by atoms with Gasteiger partial charge in [0.1, 0.15) is 0 Å². The van der Waals surface area contributed by atoms with Crippen molar-refractivity contribution in [3.63, 3.8) is 0 Å². The van der Waals surface area contributed by atoms with Gasteiger partial charge in [0, 0.05) is 22.4 Å². The largest absolute Gasteiger partial charge is 0.310 e. The van der Waals surface area contributed by atoms with Crippen molar-refractivity contribution in [2.24, 2.45) is 0 Å². The lowest BCUT2D eigenvalue weighted by atomic mass is 9.81. The molecular weight excluding hydrogens is 675 g/mol. The second kappa shape index (κ2) is 13.7. The van der Waals surface area contributed by atoms with Gasteiger partial charge >= 0.3 is 0 Å². The van der Waals surface area contributed by atoms with E-state index in [9.17, 15) is 0 Å². The van der Waals surface area contributed by atoms with Crippen molar-refractivity contribution >= 4 is 27.8 Å². The van der Waals surface area contributed by atoms with Crippen LogP contribution < -0.4 is 4.90 Å². The van der Waals surface area contributed by atoms with Gasteiger partial charge in [-0.25, -0.2) is 0 Å². The molecule has 1 heteroatoms. The maximum atomic E-state index is 2.44. The molecule has 56 heavy (non-hydrogen) atoms. The summed E-state index contributed by atoms with van der Waals surface area (Å²) in [4.78, 5) is 2.44. The van der Waals surface area contributed by atoms with Crippen molar-refractivity contribution in [2.75, 3.05) is 4.90 Å². The van der Waals surface area contributed by atoms with Gasteiger partial charge in [0.2, 0.25) is 0 Å². The highest BCUT2D eigenvalue weighted by Gasteiger charge is 2.36. The average Bonchev–Trinajstić information content (AvgIpc) is 3.48. The molecule has 9 aromatic carbocycles. The van der Waals surface area contributed by atoms with Gasteiger partial charge in [-0.05, 0) is 121 Å². The third-order valence-electron chi connectivity index (χ3n) is 11.7. The number of hydrogen-bond donors (Lipinski definition) is 0. The van der Waals surface area contributed by atoms with E-state index in [1.807, 2.05) is 0 Å². The van der Waals surface area contributed by atoms with E-state index in [1.54, 1.807) is 0 Å². The van der Waals surface area contributed by atoms with Crippen LogP contribution in [0.1, 0.15) is 25.0 Å². The second-order valence-corrected chi connectivity index (χ2v) is 15.3. The maximum Gasteiger partial charge on any atom is 0.0540 e. The molecular formula is C55H41N. The minimum atomic E-state index is -0.178. The summed E-state index contributed by atoms with van der Waals surface area (Å²) in [5, 5.41) is 2.54. The van der Waals surface area contributed by atoms with Crippen molar-refractivity contribution in [1.82, 2.24) is 0 Å². The maximum absolute atomic E-state index is 2.44. The van der Waals surface area contributed by atoms with E-state index in [1.165, 1.54) is 77.5 Å². The van der Waals surface area contributed by atoms with Crippen LogP contribution in [0, 0.1) is 0 Å². The van der Waals surface area contributed by atoms with Gasteiger partial charge in [-0.3, -0.25) is 0 Å². The summed E-state index contributed by atoms with van der Waals surface area (Å²) in [5.74, 6) is 0. The number of anilines is 3. The monoisotopic (exact) mass is 715 g/mol. The van der Waals surface area contributed by atoms with Gasteiger partial charge in [0.15, 0.2) is 0 Å². The minimum Gasteiger partial charge on any atom is -0.310 e. The number of hydrogen-bond acceptors (Lipinski definition) is 1. The molecule has 0 radical (unpaired) electrons. The van der Waals surface area contributed by atoms with Crippen LogP contribution in [-0.2, 0) is 5.41 Å². The molecule has 1 aliphatic rings. The molecule has 0 aliphatic heterocycles. The van der Waals surface area contributed by atoms with Crippen LogP contribution in [0.3, 0.4) is 0 Å². The summed E-state index contributed by atoms with van der Waals surface area (Å²) in [7, 11) is 0. The third kappa shape index (κ3) is 5.72. The topological polar surface area (TPSA) is 3.24 Å². The van der Waals surface area contributed by atoms with Crippen molar-refractivity contribution in [2.45, 2.75) is 19.3 Å². The Labute approximate surface area is 329 Å². The molecule has 9 aromatic rings. The van der Waals surface area contributed by atoms with E-state index in [2.05, 4.69) is 231 Å². The summed E-state index contributed by atoms with van der Waals surface area (Å²) in [5.41, 5.74) is 18.3. The first kappa shape index (κ1) is 33.6. The molecule has 0 spiro atoms. The standard InChI is InChI=1S/C55H41N/c1-55(2)52-36-41-31-30-40(38-18-6-3-7-19-38)34-42(41)35-51(52)49-33-32-44(37-53(49)55)56(43-22-10-5-11-23-43)54-29-17-16-28-50(54)48-27-15-14-26-47(48)46-25-13-12-24-45(46)39-20-8-4-9-21-39/h3-37H,1-2H3. The average molecular weight is 716 g/mol. The van der Waals surface area contributed by atoms with Crippen LogP contribution in [0.25, 0.3) is 66.4 Å². The van der Waals surface area contributed by atoms with Crippen molar-refractivity contribution in [1.29, 1.82) is 0 Å². The van der Waals surface area contributed by atoms with E-state index in [-0.39, 0.29) is 5.41 Å². The lowest BCUT2D eigenvalue weighted by molar-refractivity contribution is 0.661. The Hall–Kier alpha value is -6.96. The fourth-order valence-electron chi connectivity index (χ4n) is 8.86. The molecule has 10 rings (SSSR count). The van der Waals surface area contributed by atoms with Crippen molar-refractivity contribution in [3.8, 4) is 55.6 Å². The number of rotatable bonds is 7. The molecule has 0 fully saturated rings. The van der Waals surface area contributed by atoms with Crippen molar-refractivity contribution in [3.05, 3.63) is 223 Å². The molecule has 0 saturated carbocycles. The van der Waals surface area contributed by atoms with Gasteiger partial charge < -0.3 is 4.90 Å². The van der Waals surface area contributed by atoms with Crippen LogP contribution in [0.5, 0.6) is 0 Å². The Morgan fingerprint density at radius 3 is 1.54 bits per heavy atom. The van der Waals surface area contributed by atoms with Crippen molar-refractivity contribution < 1.29 is 0 Å². The first-order valence-electron chi connectivity index (χ1n) is 19.5. The molecule has 0 bridgehead atoms. The number of benzene rings is 9. The van der Waals surface area contributed by atoms with Crippen LogP contribution in [0.15, 0.2) is 212 Å². The zero-order valence-electron chi connectivity index (χ0n) is 31.7.